The second kappa shape index (κ2) is 8.25. The number of nitrogens with zero attached hydrogens (tertiary/aromatic N) is 1. The van der Waals surface area contributed by atoms with Gasteiger partial charge in [-0.15, -0.1) is 12.4 Å². The minimum Gasteiger partial charge on any atom is -0.381 e. The summed E-state index contributed by atoms with van der Waals surface area (Å²) in [6.07, 6.45) is 0.446. The first kappa shape index (κ1) is 17.0. The van der Waals surface area contributed by atoms with Crippen molar-refractivity contribution in [3.8, 4) is 0 Å². The molecule has 20 heavy (non-hydrogen) atoms. The van der Waals surface area contributed by atoms with Gasteiger partial charge in [-0.3, -0.25) is 4.79 Å². The van der Waals surface area contributed by atoms with Crippen molar-refractivity contribution in [2.45, 2.75) is 25.3 Å². The molecule has 1 heterocycles. The first-order valence-corrected chi connectivity index (χ1v) is 6.88. The van der Waals surface area contributed by atoms with E-state index >= 15 is 0 Å². The van der Waals surface area contributed by atoms with Crippen molar-refractivity contribution in [2.24, 2.45) is 5.73 Å². The van der Waals surface area contributed by atoms with Gasteiger partial charge in [0, 0.05) is 31.7 Å². The normalized spacial score (nSPS) is 21.6. The van der Waals surface area contributed by atoms with Crippen LogP contribution in [0.2, 0.25) is 0 Å². The van der Waals surface area contributed by atoms with Crippen molar-refractivity contribution in [1.29, 1.82) is 0 Å². The number of carbonyl (C=O) groups is 1. The second-order valence-corrected chi connectivity index (χ2v) is 4.93. The molecule has 1 amide bonds. The van der Waals surface area contributed by atoms with E-state index in [1.165, 1.54) is 5.56 Å². The van der Waals surface area contributed by atoms with Crippen LogP contribution in [-0.4, -0.2) is 43.2 Å². The molecule has 2 atom stereocenters. The Morgan fingerprint density at radius 1 is 1.35 bits per heavy atom. The van der Waals surface area contributed by atoms with Gasteiger partial charge in [0.2, 0.25) is 5.91 Å². The van der Waals surface area contributed by atoms with Crippen LogP contribution in [0.25, 0.3) is 0 Å². The summed E-state index contributed by atoms with van der Waals surface area (Å²) in [5.74, 6) is 0.388. The van der Waals surface area contributed by atoms with Crippen molar-refractivity contribution in [1.82, 2.24) is 4.90 Å². The lowest BCUT2D eigenvalue weighted by Gasteiger charge is -2.16. The smallest absolute Gasteiger partial charge is 0.224 e. The highest BCUT2D eigenvalue weighted by Gasteiger charge is 2.33. The fourth-order valence-electron chi connectivity index (χ4n) is 2.55. The minimum absolute atomic E-state index is 0. The molecule has 1 aromatic carbocycles. The van der Waals surface area contributed by atoms with Crippen LogP contribution in [0.15, 0.2) is 30.3 Å². The standard InChI is InChI=1S/C15H22N2O2.ClH/c1-2-19-9-8-15(18)17-10-13(14(16)11-17)12-6-4-3-5-7-12;/h3-7,13-14H,2,8-11,16H2,1H3;1H/t13-,14+;/m0./s1. The van der Waals surface area contributed by atoms with Gasteiger partial charge in [-0.05, 0) is 12.5 Å². The summed E-state index contributed by atoms with van der Waals surface area (Å²) in [6, 6.07) is 10.2. The largest absolute Gasteiger partial charge is 0.381 e. The van der Waals surface area contributed by atoms with Gasteiger partial charge in [-0.25, -0.2) is 0 Å². The molecule has 0 aromatic heterocycles. The number of halogens is 1. The third kappa shape index (κ3) is 4.20. The third-order valence-corrected chi connectivity index (χ3v) is 3.61. The highest BCUT2D eigenvalue weighted by molar-refractivity contribution is 5.85. The monoisotopic (exact) mass is 298 g/mol. The lowest BCUT2D eigenvalue weighted by Crippen LogP contribution is -2.32. The Bertz CT molecular complexity index is 414. The van der Waals surface area contributed by atoms with E-state index in [1.54, 1.807) is 0 Å². The SMILES string of the molecule is CCOCCC(=O)N1C[C@@H](N)[C@H](c2ccccc2)C1.Cl. The summed E-state index contributed by atoms with van der Waals surface area (Å²) in [5, 5.41) is 0. The Morgan fingerprint density at radius 3 is 2.70 bits per heavy atom. The van der Waals surface area contributed by atoms with Crippen LogP contribution in [0.3, 0.4) is 0 Å². The Labute approximate surface area is 126 Å². The van der Waals surface area contributed by atoms with Crippen molar-refractivity contribution < 1.29 is 9.53 Å². The fourth-order valence-corrected chi connectivity index (χ4v) is 2.55. The van der Waals surface area contributed by atoms with Crippen molar-refractivity contribution in [3.63, 3.8) is 0 Å². The quantitative estimate of drug-likeness (QED) is 0.843. The number of ether oxygens (including phenoxy) is 1. The molecule has 1 aliphatic rings. The van der Waals surface area contributed by atoms with E-state index in [9.17, 15) is 4.79 Å². The Balaban J connectivity index is 0.00000200. The minimum atomic E-state index is 0. The summed E-state index contributed by atoms with van der Waals surface area (Å²) in [6.45, 7) is 4.44. The molecule has 0 bridgehead atoms. The Hall–Kier alpha value is -1.10. The highest BCUT2D eigenvalue weighted by Crippen LogP contribution is 2.26. The third-order valence-electron chi connectivity index (χ3n) is 3.61. The lowest BCUT2D eigenvalue weighted by atomic mass is 9.95. The van der Waals surface area contributed by atoms with Gasteiger partial charge in [0.05, 0.1) is 13.0 Å². The van der Waals surface area contributed by atoms with Gasteiger partial charge in [0.1, 0.15) is 0 Å². The van der Waals surface area contributed by atoms with E-state index in [4.69, 9.17) is 10.5 Å². The molecule has 0 saturated carbocycles. The zero-order chi connectivity index (χ0) is 13.7. The molecule has 2 N–H and O–H groups in total. The number of rotatable bonds is 5. The van der Waals surface area contributed by atoms with Gasteiger partial charge in [0.25, 0.3) is 0 Å². The molecule has 2 rings (SSSR count). The van der Waals surface area contributed by atoms with E-state index in [-0.39, 0.29) is 30.3 Å². The molecule has 0 unspecified atom stereocenters. The summed E-state index contributed by atoms with van der Waals surface area (Å²) >= 11 is 0. The van der Waals surface area contributed by atoms with Gasteiger partial charge in [0.15, 0.2) is 0 Å². The van der Waals surface area contributed by atoms with Crippen LogP contribution in [0, 0.1) is 0 Å². The molecule has 0 aliphatic carbocycles. The highest BCUT2D eigenvalue weighted by atomic mass is 35.5. The average molecular weight is 299 g/mol. The number of carbonyl (C=O) groups excluding carboxylic acids is 1. The van der Waals surface area contributed by atoms with Gasteiger partial charge in [-0.2, -0.15) is 0 Å². The molecular weight excluding hydrogens is 276 g/mol. The molecule has 1 aliphatic heterocycles. The van der Waals surface area contributed by atoms with Gasteiger partial charge >= 0.3 is 0 Å². The molecule has 0 radical (unpaired) electrons. The maximum Gasteiger partial charge on any atom is 0.224 e. The van der Waals surface area contributed by atoms with Gasteiger partial charge in [-0.1, -0.05) is 30.3 Å². The van der Waals surface area contributed by atoms with Crippen molar-refractivity contribution in [3.05, 3.63) is 35.9 Å². The molecular formula is C15H23ClN2O2. The van der Waals surface area contributed by atoms with E-state index in [1.807, 2.05) is 30.0 Å². The van der Waals surface area contributed by atoms with Crippen LogP contribution in [0.1, 0.15) is 24.8 Å². The van der Waals surface area contributed by atoms with Gasteiger partial charge < -0.3 is 15.4 Å². The first-order chi connectivity index (χ1) is 9.22. The van der Waals surface area contributed by atoms with Crippen LogP contribution < -0.4 is 5.73 Å². The molecule has 1 aromatic rings. The molecule has 4 nitrogen and oxygen atoms in total. The Morgan fingerprint density at radius 2 is 2.05 bits per heavy atom. The van der Waals surface area contributed by atoms with Crippen LogP contribution in [-0.2, 0) is 9.53 Å². The Kier molecular flexibility index (Phi) is 6.99. The molecule has 5 heteroatoms. The molecule has 1 saturated heterocycles. The summed E-state index contributed by atoms with van der Waals surface area (Å²) < 4.78 is 5.22. The van der Waals surface area contributed by atoms with Crippen LogP contribution >= 0.6 is 12.4 Å². The van der Waals surface area contributed by atoms with E-state index in [0.717, 1.165) is 6.54 Å². The lowest BCUT2D eigenvalue weighted by molar-refractivity contribution is -0.131. The summed E-state index contributed by atoms with van der Waals surface area (Å²) in [4.78, 5) is 13.9. The van der Waals surface area contributed by atoms with Crippen LogP contribution in [0.5, 0.6) is 0 Å². The summed E-state index contributed by atoms with van der Waals surface area (Å²) in [7, 11) is 0. The fraction of sp³-hybridized carbons (Fsp3) is 0.533. The predicted octanol–water partition coefficient (Wildman–Crippen LogP) is 1.79. The van der Waals surface area contributed by atoms with Crippen molar-refractivity contribution in [2.75, 3.05) is 26.3 Å². The van der Waals surface area contributed by atoms with E-state index in [0.29, 0.717) is 26.2 Å². The molecule has 112 valence electrons. The number of hydrogen-bond donors (Lipinski definition) is 1. The zero-order valence-electron chi connectivity index (χ0n) is 11.8. The number of hydrogen-bond acceptors (Lipinski definition) is 3. The number of amides is 1. The van der Waals surface area contributed by atoms with Crippen molar-refractivity contribution >= 4 is 18.3 Å². The maximum absolute atomic E-state index is 12.0. The summed E-state index contributed by atoms with van der Waals surface area (Å²) in [5.41, 5.74) is 7.39. The number of likely N-dealkylation sites (tertiary alicyclic amines) is 1. The van der Waals surface area contributed by atoms with Crippen LogP contribution in [0.4, 0.5) is 0 Å². The zero-order valence-corrected chi connectivity index (χ0v) is 12.6. The molecule has 1 fully saturated rings. The second-order valence-electron chi connectivity index (χ2n) is 4.93. The van der Waals surface area contributed by atoms with E-state index in [2.05, 4.69) is 12.1 Å². The predicted molar refractivity (Wildman–Crippen MR) is 82.1 cm³/mol. The topological polar surface area (TPSA) is 55.6 Å². The maximum atomic E-state index is 12.0. The average Bonchev–Trinajstić information content (AvgIpc) is 2.82. The molecule has 0 spiro atoms. The number of benzene rings is 1. The van der Waals surface area contributed by atoms with E-state index < -0.39 is 0 Å². The number of nitrogens with two attached hydrogens (primary N) is 1. The first-order valence-electron chi connectivity index (χ1n) is 6.88.